The van der Waals surface area contributed by atoms with Crippen LogP contribution < -0.4 is 0 Å². The molecule has 0 bridgehead atoms. The van der Waals surface area contributed by atoms with Crippen LogP contribution in [0.1, 0.15) is 0 Å². The number of benzene rings is 2. The van der Waals surface area contributed by atoms with Crippen LogP contribution in [0.2, 0.25) is 0 Å². The van der Waals surface area contributed by atoms with Crippen molar-refractivity contribution in [3.63, 3.8) is 0 Å². The fraction of sp³-hybridized carbons (Fsp3) is 0. The van der Waals surface area contributed by atoms with E-state index in [0.717, 1.165) is 0 Å². The Morgan fingerprint density at radius 3 is 1.58 bits per heavy atom. The van der Waals surface area contributed by atoms with Gasteiger partial charge in [0, 0.05) is 0 Å². The SMILES string of the molecule is [c]1c2cccc1-2.[c]1ccccc1. The lowest BCUT2D eigenvalue weighted by Gasteiger charge is -1.68. The summed E-state index contributed by atoms with van der Waals surface area (Å²) in [5.41, 5.74) is 2.60. The molecule has 0 fully saturated rings. The van der Waals surface area contributed by atoms with Crippen molar-refractivity contribution < 1.29 is 0 Å². The molecule has 0 nitrogen and oxygen atoms in total. The lowest BCUT2D eigenvalue weighted by molar-refractivity contribution is 1.70. The molecule has 0 aliphatic heterocycles. The standard InChI is InChI=1S/C6H3.C6H5/c1-2-5-4-6(5)3-1;1-2-4-6-5-3-1/h1-3H;1-5H. The molecular weight excluding hydrogens is 144 g/mol. The van der Waals surface area contributed by atoms with Crippen molar-refractivity contribution in [2.75, 3.05) is 0 Å². The summed E-state index contributed by atoms with van der Waals surface area (Å²) in [7, 11) is 0. The predicted octanol–water partition coefficient (Wildman–Crippen LogP) is 2.95. The molecule has 2 aliphatic carbocycles. The van der Waals surface area contributed by atoms with Crippen LogP contribution in [0, 0.1) is 12.1 Å². The molecule has 0 saturated heterocycles. The van der Waals surface area contributed by atoms with E-state index in [9.17, 15) is 0 Å². The quantitative estimate of drug-likeness (QED) is 0.464. The van der Waals surface area contributed by atoms with Gasteiger partial charge in [-0.1, -0.05) is 48.5 Å². The molecule has 1 aromatic rings. The topological polar surface area (TPSA) is 0 Å². The van der Waals surface area contributed by atoms with Crippen molar-refractivity contribution in [2.45, 2.75) is 0 Å². The molecule has 3 rings (SSSR count). The van der Waals surface area contributed by atoms with Gasteiger partial charge in [0.1, 0.15) is 0 Å². The van der Waals surface area contributed by atoms with E-state index < -0.39 is 0 Å². The highest BCUT2D eigenvalue weighted by atomic mass is 14.1. The second kappa shape index (κ2) is 3.22. The maximum Gasteiger partial charge on any atom is -0.00139 e. The predicted molar refractivity (Wildman–Crippen MR) is 49.6 cm³/mol. The lowest BCUT2D eigenvalue weighted by atomic mass is 10.4. The summed E-state index contributed by atoms with van der Waals surface area (Å²) in [4.78, 5) is 0. The smallest absolute Gasteiger partial charge is 0.00139 e. The van der Waals surface area contributed by atoms with Crippen LogP contribution in [0.4, 0.5) is 0 Å². The molecule has 56 valence electrons. The van der Waals surface area contributed by atoms with Crippen LogP contribution in [0.15, 0.2) is 48.5 Å². The van der Waals surface area contributed by atoms with Crippen LogP contribution in [-0.2, 0) is 0 Å². The summed E-state index contributed by atoms with van der Waals surface area (Å²) in [6.45, 7) is 0. The summed E-state index contributed by atoms with van der Waals surface area (Å²) in [6, 6.07) is 21.7. The second-order valence-corrected chi connectivity index (χ2v) is 2.56. The van der Waals surface area contributed by atoms with Gasteiger partial charge in [0.2, 0.25) is 0 Å². The van der Waals surface area contributed by atoms with E-state index in [-0.39, 0.29) is 0 Å². The first-order chi connectivity index (χ1) is 5.97. The van der Waals surface area contributed by atoms with E-state index in [1.54, 1.807) is 0 Å². The molecule has 12 heavy (non-hydrogen) atoms. The minimum Gasteiger partial charge on any atom is -0.0622 e. The minimum absolute atomic E-state index is 1.30. The van der Waals surface area contributed by atoms with Crippen LogP contribution in [0.3, 0.4) is 0 Å². The maximum atomic E-state index is 3.06. The van der Waals surface area contributed by atoms with E-state index in [1.807, 2.05) is 36.4 Å². The van der Waals surface area contributed by atoms with Crippen LogP contribution in [0.25, 0.3) is 11.1 Å². The number of hydrogen-bond donors (Lipinski definition) is 0. The lowest BCUT2D eigenvalue weighted by Crippen LogP contribution is -1.49. The molecule has 0 heteroatoms. The van der Waals surface area contributed by atoms with Gasteiger partial charge >= 0.3 is 0 Å². The van der Waals surface area contributed by atoms with Gasteiger partial charge in [0.15, 0.2) is 0 Å². The minimum atomic E-state index is 1.30. The Labute approximate surface area is 72.5 Å². The second-order valence-electron chi connectivity index (χ2n) is 2.56. The molecule has 0 atom stereocenters. The molecule has 0 heterocycles. The average molecular weight is 152 g/mol. The number of fused-ring (bicyclic) bond motifs is 1. The molecule has 1 aromatic carbocycles. The zero-order valence-corrected chi connectivity index (χ0v) is 6.62. The zero-order chi connectivity index (χ0) is 8.23. The average Bonchev–Trinajstić information content (AvgIpc) is 2.78. The normalized spacial score (nSPS) is 9.67. The van der Waals surface area contributed by atoms with E-state index in [2.05, 4.69) is 24.3 Å². The maximum absolute atomic E-state index is 3.06. The first-order valence-electron chi connectivity index (χ1n) is 3.90. The van der Waals surface area contributed by atoms with E-state index in [1.165, 1.54) is 11.1 Å². The van der Waals surface area contributed by atoms with Gasteiger partial charge < -0.3 is 0 Å². The summed E-state index contributed by atoms with van der Waals surface area (Å²) < 4.78 is 0. The Kier molecular flexibility index (Phi) is 1.91. The van der Waals surface area contributed by atoms with Gasteiger partial charge in [-0.05, 0) is 23.3 Å². The monoisotopic (exact) mass is 152 g/mol. The van der Waals surface area contributed by atoms with Crippen molar-refractivity contribution in [3.8, 4) is 11.1 Å². The molecule has 0 unspecified atom stereocenters. The van der Waals surface area contributed by atoms with Gasteiger partial charge in [0.25, 0.3) is 0 Å². The first-order valence-corrected chi connectivity index (χ1v) is 3.90. The highest BCUT2D eigenvalue weighted by molar-refractivity contribution is 5.78. The van der Waals surface area contributed by atoms with Crippen LogP contribution in [-0.4, -0.2) is 0 Å². The molecule has 0 spiro atoms. The highest BCUT2D eigenvalue weighted by Gasteiger charge is 2.08. The summed E-state index contributed by atoms with van der Waals surface area (Å²) in [5.74, 6) is 0. The highest BCUT2D eigenvalue weighted by Crippen LogP contribution is 2.31. The summed E-state index contributed by atoms with van der Waals surface area (Å²) in [5, 5.41) is 0. The summed E-state index contributed by atoms with van der Waals surface area (Å²) >= 11 is 0. The Balaban J connectivity index is 0.0000000939. The molecule has 0 aromatic heterocycles. The summed E-state index contributed by atoms with van der Waals surface area (Å²) in [6.07, 6.45) is 0. The van der Waals surface area contributed by atoms with E-state index in [4.69, 9.17) is 0 Å². The number of rotatable bonds is 0. The van der Waals surface area contributed by atoms with Crippen LogP contribution >= 0.6 is 0 Å². The molecule has 0 N–H and O–H groups in total. The van der Waals surface area contributed by atoms with Gasteiger partial charge in [-0.15, -0.1) is 0 Å². The largest absolute Gasteiger partial charge is 0.0622 e. The number of hydrogen-bond acceptors (Lipinski definition) is 0. The molecular formula is C12H8. The van der Waals surface area contributed by atoms with Gasteiger partial charge in [-0.25, -0.2) is 0 Å². The van der Waals surface area contributed by atoms with Crippen molar-refractivity contribution in [2.24, 2.45) is 0 Å². The van der Waals surface area contributed by atoms with Crippen molar-refractivity contribution in [1.82, 2.24) is 0 Å². The van der Waals surface area contributed by atoms with Crippen LogP contribution in [0.5, 0.6) is 0 Å². The van der Waals surface area contributed by atoms with Gasteiger partial charge in [-0.2, -0.15) is 0 Å². The fourth-order valence-electron chi connectivity index (χ4n) is 0.959. The van der Waals surface area contributed by atoms with E-state index >= 15 is 0 Å². The third-order valence-corrected chi connectivity index (χ3v) is 1.63. The van der Waals surface area contributed by atoms with Crippen molar-refractivity contribution in [3.05, 3.63) is 60.7 Å². The fourth-order valence-corrected chi connectivity index (χ4v) is 0.959. The molecule has 2 aliphatic rings. The van der Waals surface area contributed by atoms with E-state index in [0.29, 0.717) is 0 Å². The van der Waals surface area contributed by atoms with Gasteiger partial charge in [-0.3, -0.25) is 0 Å². The Bertz CT molecular complexity index is 305. The third-order valence-electron chi connectivity index (χ3n) is 1.63. The molecule has 0 saturated carbocycles. The van der Waals surface area contributed by atoms with Gasteiger partial charge in [0.05, 0.1) is 0 Å². The van der Waals surface area contributed by atoms with Crippen molar-refractivity contribution >= 4 is 0 Å². The molecule has 2 radical (unpaired) electrons. The Hall–Kier alpha value is -1.56. The third kappa shape index (κ3) is 1.73. The zero-order valence-electron chi connectivity index (χ0n) is 6.62. The molecule has 0 amide bonds. The Morgan fingerprint density at radius 2 is 1.42 bits per heavy atom. The van der Waals surface area contributed by atoms with Crippen molar-refractivity contribution in [1.29, 1.82) is 0 Å². The first kappa shape index (κ1) is 7.11. The Morgan fingerprint density at radius 1 is 0.750 bits per heavy atom.